The summed E-state index contributed by atoms with van der Waals surface area (Å²) in [5.41, 5.74) is 2.63. The number of ether oxygens (including phenoxy) is 2. The normalized spacial score (nSPS) is 28.8. The predicted octanol–water partition coefficient (Wildman–Crippen LogP) is 1.72. The molecule has 3 aliphatic rings. The van der Waals surface area contributed by atoms with Crippen molar-refractivity contribution in [2.24, 2.45) is 0 Å². The summed E-state index contributed by atoms with van der Waals surface area (Å²) in [6.07, 6.45) is 2.32. The highest BCUT2D eigenvalue weighted by atomic mass is 16.7. The maximum atomic E-state index is 11.5. The number of fused-ring (bicyclic) bond motifs is 4. The molecule has 1 fully saturated rings. The Labute approximate surface area is 105 Å². The maximum Gasteiger partial charge on any atom is 0.231 e. The summed E-state index contributed by atoms with van der Waals surface area (Å²) in [5.74, 6) is 2.53. The van der Waals surface area contributed by atoms with Crippen LogP contribution in [0.4, 0.5) is 0 Å². The van der Waals surface area contributed by atoms with Gasteiger partial charge < -0.3 is 14.8 Å². The number of benzene rings is 1. The highest BCUT2D eigenvalue weighted by molar-refractivity contribution is 5.80. The van der Waals surface area contributed by atoms with Gasteiger partial charge in [-0.3, -0.25) is 4.79 Å². The van der Waals surface area contributed by atoms with Gasteiger partial charge in [-0.25, -0.2) is 0 Å². The number of carbonyl (C=O) groups is 1. The van der Waals surface area contributed by atoms with Gasteiger partial charge in [-0.2, -0.15) is 0 Å². The largest absolute Gasteiger partial charge is 0.454 e. The van der Waals surface area contributed by atoms with Crippen molar-refractivity contribution in [3.63, 3.8) is 0 Å². The summed E-state index contributed by atoms with van der Waals surface area (Å²) in [7, 11) is 0. The summed E-state index contributed by atoms with van der Waals surface area (Å²) in [6.45, 7) is 1.14. The first-order chi connectivity index (χ1) is 8.81. The minimum Gasteiger partial charge on any atom is -0.454 e. The van der Waals surface area contributed by atoms with Crippen LogP contribution in [0.15, 0.2) is 12.1 Å². The topological polar surface area (TPSA) is 47.6 Å². The molecule has 0 radical (unpaired) electrons. The highest BCUT2D eigenvalue weighted by Crippen LogP contribution is 2.43. The molecule has 2 heterocycles. The number of ketones is 1. The molecule has 18 heavy (non-hydrogen) atoms. The highest BCUT2D eigenvalue weighted by Gasteiger charge is 2.35. The molecule has 0 aromatic heterocycles. The molecule has 0 amide bonds. The Balaban J connectivity index is 1.76. The van der Waals surface area contributed by atoms with E-state index in [2.05, 4.69) is 17.4 Å². The molecule has 94 valence electrons. The van der Waals surface area contributed by atoms with Crippen LogP contribution in [0.1, 0.15) is 36.3 Å². The van der Waals surface area contributed by atoms with Crippen molar-refractivity contribution in [3.05, 3.63) is 23.3 Å². The second-order valence-corrected chi connectivity index (χ2v) is 5.28. The minimum atomic E-state index is 0.305. The number of hydrogen-bond acceptors (Lipinski definition) is 4. The monoisotopic (exact) mass is 245 g/mol. The van der Waals surface area contributed by atoms with Crippen LogP contribution in [0.5, 0.6) is 11.5 Å². The zero-order chi connectivity index (χ0) is 12.1. The second-order valence-electron chi connectivity index (χ2n) is 5.28. The van der Waals surface area contributed by atoms with E-state index < -0.39 is 0 Å². The van der Waals surface area contributed by atoms with E-state index in [4.69, 9.17) is 9.47 Å². The SMILES string of the molecule is O=C1CC[C@H]2c3cc4c(cc3CN[C@H]2C1)OCO4. The van der Waals surface area contributed by atoms with Crippen LogP contribution in [-0.2, 0) is 11.3 Å². The van der Waals surface area contributed by atoms with Crippen molar-refractivity contribution in [1.29, 1.82) is 0 Å². The molecule has 4 rings (SSSR count). The lowest BCUT2D eigenvalue weighted by molar-refractivity contribution is -0.121. The van der Waals surface area contributed by atoms with Gasteiger partial charge in [0.1, 0.15) is 5.78 Å². The molecule has 0 unspecified atom stereocenters. The minimum absolute atomic E-state index is 0.305. The fraction of sp³-hybridized carbons (Fsp3) is 0.500. The molecule has 1 aromatic rings. The molecule has 0 spiro atoms. The average molecular weight is 245 g/mol. The van der Waals surface area contributed by atoms with Crippen LogP contribution in [-0.4, -0.2) is 18.6 Å². The van der Waals surface area contributed by atoms with Crippen LogP contribution in [0.2, 0.25) is 0 Å². The van der Waals surface area contributed by atoms with Gasteiger partial charge in [0.2, 0.25) is 6.79 Å². The molecular formula is C14H15NO3. The zero-order valence-electron chi connectivity index (χ0n) is 10.1. The standard InChI is InChI=1S/C14H15NO3/c16-9-1-2-10-11-5-14-13(17-7-18-14)3-8(11)6-15-12(10)4-9/h3,5,10,12,15H,1-2,4,6-7H2/t10-,12-/m0/s1. The summed E-state index contributed by atoms with van der Waals surface area (Å²) < 4.78 is 10.9. The second kappa shape index (κ2) is 3.72. The summed E-state index contributed by atoms with van der Waals surface area (Å²) in [4.78, 5) is 11.5. The smallest absolute Gasteiger partial charge is 0.231 e. The predicted molar refractivity (Wildman–Crippen MR) is 64.8 cm³/mol. The van der Waals surface area contributed by atoms with Crippen LogP contribution in [0.3, 0.4) is 0 Å². The summed E-state index contributed by atoms with van der Waals surface area (Å²) in [5, 5.41) is 3.48. The molecule has 4 heteroatoms. The molecular weight excluding hydrogens is 230 g/mol. The van der Waals surface area contributed by atoms with E-state index in [1.165, 1.54) is 11.1 Å². The number of Topliss-reactive ketones (excluding diaryl/α,β-unsaturated/α-hetero) is 1. The van der Waals surface area contributed by atoms with Gasteiger partial charge in [0, 0.05) is 31.3 Å². The van der Waals surface area contributed by atoms with Crippen LogP contribution in [0.25, 0.3) is 0 Å². The molecule has 0 bridgehead atoms. The quantitative estimate of drug-likeness (QED) is 0.756. The van der Waals surface area contributed by atoms with Gasteiger partial charge in [0.25, 0.3) is 0 Å². The Bertz CT molecular complexity index is 526. The third-order valence-electron chi connectivity index (χ3n) is 4.26. The van der Waals surface area contributed by atoms with Gasteiger partial charge in [0.05, 0.1) is 0 Å². The Morgan fingerprint density at radius 2 is 2.06 bits per heavy atom. The summed E-state index contributed by atoms with van der Waals surface area (Å²) in [6, 6.07) is 4.50. The fourth-order valence-electron chi connectivity index (χ4n) is 3.33. The van der Waals surface area contributed by atoms with E-state index in [0.29, 0.717) is 37.4 Å². The van der Waals surface area contributed by atoms with E-state index >= 15 is 0 Å². The lowest BCUT2D eigenvalue weighted by Gasteiger charge is -2.37. The van der Waals surface area contributed by atoms with E-state index in [-0.39, 0.29) is 0 Å². The third kappa shape index (κ3) is 1.45. The molecule has 1 saturated carbocycles. The van der Waals surface area contributed by atoms with Gasteiger partial charge in [0.15, 0.2) is 11.5 Å². The van der Waals surface area contributed by atoms with Gasteiger partial charge in [-0.15, -0.1) is 0 Å². The Morgan fingerprint density at radius 3 is 2.94 bits per heavy atom. The molecule has 1 aromatic carbocycles. The third-order valence-corrected chi connectivity index (χ3v) is 4.26. The lowest BCUT2D eigenvalue weighted by Crippen LogP contribution is -2.43. The molecule has 2 aliphatic heterocycles. The molecule has 1 aliphatic carbocycles. The van der Waals surface area contributed by atoms with E-state index in [1.54, 1.807) is 0 Å². The van der Waals surface area contributed by atoms with Crippen LogP contribution < -0.4 is 14.8 Å². The van der Waals surface area contributed by atoms with Crippen molar-refractivity contribution in [2.75, 3.05) is 6.79 Å². The van der Waals surface area contributed by atoms with Gasteiger partial charge in [-0.05, 0) is 29.7 Å². The van der Waals surface area contributed by atoms with Crippen molar-refractivity contribution < 1.29 is 14.3 Å². The molecule has 1 N–H and O–H groups in total. The van der Waals surface area contributed by atoms with E-state index in [9.17, 15) is 4.79 Å². The van der Waals surface area contributed by atoms with Crippen molar-refractivity contribution >= 4 is 5.78 Å². The summed E-state index contributed by atoms with van der Waals surface area (Å²) >= 11 is 0. The Morgan fingerprint density at radius 1 is 1.22 bits per heavy atom. The van der Waals surface area contributed by atoms with E-state index in [1.807, 2.05) is 0 Å². The first-order valence-electron chi connectivity index (χ1n) is 6.49. The van der Waals surface area contributed by atoms with Crippen LogP contribution in [0, 0.1) is 0 Å². The molecule has 0 saturated heterocycles. The Kier molecular flexibility index (Phi) is 2.14. The molecule has 2 atom stereocenters. The lowest BCUT2D eigenvalue weighted by atomic mass is 9.75. The number of carbonyl (C=O) groups excluding carboxylic acids is 1. The van der Waals surface area contributed by atoms with Crippen LogP contribution >= 0.6 is 0 Å². The van der Waals surface area contributed by atoms with E-state index in [0.717, 1.165) is 24.5 Å². The van der Waals surface area contributed by atoms with Crippen molar-refractivity contribution in [2.45, 2.75) is 37.8 Å². The maximum absolute atomic E-state index is 11.5. The number of hydrogen-bond donors (Lipinski definition) is 1. The average Bonchev–Trinajstić information content (AvgIpc) is 2.82. The number of rotatable bonds is 0. The first-order valence-corrected chi connectivity index (χ1v) is 6.49. The first kappa shape index (κ1) is 10.4. The number of nitrogens with one attached hydrogen (secondary N) is 1. The van der Waals surface area contributed by atoms with Gasteiger partial charge >= 0.3 is 0 Å². The Hall–Kier alpha value is -1.55. The van der Waals surface area contributed by atoms with Gasteiger partial charge in [-0.1, -0.05) is 0 Å². The van der Waals surface area contributed by atoms with Crippen molar-refractivity contribution in [3.8, 4) is 11.5 Å². The fourth-order valence-corrected chi connectivity index (χ4v) is 3.33. The van der Waals surface area contributed by atoms with Crippen molar-refractivity contribution in [1.82, 2.24) is 5.32 Å². The molecule has 4 nitrogen and oxygen atoms in total. The zero-order valence-corrected chi connectivity index (χ0v) is 10.1.